The number of anilines is 1. The molecule has 202 valence electrons. The lowest BCUT2D eigenvalue weighted by atomic mass is 9.97. The first kappa shape index (κ1) is 27.2. The Labute approximate surface area is 215 Å². The highest BCUT2D eigenvalue weighted by Gasteiger charge is 2.33. The molecule has 1 aromatic heterocycles. The number of hydrogen-bond donors (Lipinski definition) is 2. The number of pyridine rings is 1. The number of ether oxygens (including phenoxy) is 1. The smallest absolute Gasteiger partial charge is 0.381 e. The molecule has 0 radical (unpaired) electrons. The average Bonchev–Trinajstić information content (AvgIpc) is 2.84. The summed E-state index contributed by atoms with van der Waals surface area (Å²) in [7, 11) is 2.03. The highest BCUT2D eigenvalue weighted by atomic mass is 19.4. The number of rotatable bonds is 6. The van der Waals surface area contributed by atoms with Crippen LogP contribution in [0.3, 0.4) is 0 Å². The second-order valence-electron chi connectivity index (χ2n) is 10.1. The molecule has 3 heterocycles. The first-order valence-corrected chi connectivity index (χ1v) is 12.8. The lowest BCUT2D eigenvalue weighted by molar-refractivity contribution is -0.138. The molecule has 1 amide bonds. The molecule has 2 saturated heterocycles. The second-order valence-corrected chi connectivity index (χ2v) is 10.1. The largest absolute Gasteiger partial charge is 0.416 e. The van der Waals surface area contributed by atoms with Crippen LogP contribution in [0.1, 0.15) is 71.7 Å². The van der Waals surface area contributed by atoms with Crippen molar-refractivity contribution >= 4 is 11.6 Å². The number of carbonyl (C=O) groups is 1. The molecule has 0 bridgehead atoms. The number of hydrogen-bond acceptors (Lipinski definition) is 5. The van der Waals surface area contributed by atoms with Crippen molar-refractivity contribution in [2.75, 3.05) is 38.7 Å². The van der Waals surface area contributed by atoms with Gasteiger partial charge in [-0.1, -0.05) is 12.1 Å². The van der Waals surface area contributed by atoms with E-state index in [0.717, 1.165) is 32.0 Å². The molecule has 0 spiro atoms. The van der Waals surface area contributed by atoms with Gasteiger partial charge in [-0.15, -0.1) is 0 Å². The van der Waals surface area contributed by atoms with Gasteiger partial charge in [0.2, 0.25) is 0 Å². The minimum absolute atomic E-state index is 0.0757. The van der Waals surface area contributed by atoms with Gasteiger partial charge in [0.15, 0.2) is 0 Å². The van der Waals surface area contributed by atoms with Gasteiger partial charge >= 0.3 is 6.18 Å². The number of nitrogens with zero attached hydrogens (tertiary/aromatic N) is 2. The Kier molecular flexibility index (Phi) is 8.28. The number of carbonyl (C=O) groups excluding carboxylic acids is 1. The number of amides is 1. The van der Waals surface area contributed by atoms with Crippen LogP contribution >= 0.6 is 0 Å². The molecule has 2 fully saturated rings. The molecule has 2 N–H and O–H groups in total. The number of likely N-dealkylation sites (N-methyl/N-ethyl adjacent to an activating group) is 1. The van der Waals surface area contributed by atoms with E-state index < -0.39 is 23.7 Å². The summed E-state index contributed by atoms with van der Waals surface area (Å²) in [6.07, 6.45) is 0.360. The van der Waals surface area contributed by atoms with Crippen molar-refractivity contribution in [1.82, 2.24) is 14.8 Å². The van der Waals surface area contributed by atoms with Crippen molar-refractivity contribution in [3.8, 4) is 0 Å². The summed E-state index contributed by atoms with van der Waals surface area (Å²) in [5.74, 6) is -0.447. The predicted molar refractivity (Wildman–Crippen MR) is 136 cm³/mol. The van der Waals surface area contributed by atoms with Gasteiger partial charge < -0.3 is 24.8 Å². The van der Waals surface area contributed by atoms with Gasteiger partial charge in [-0.25, -0.2) is 0 Å². The van der Waals surface area contributed by atoms with Gasteiger partial charge in [0.25, 0.3) is 11.5 Å². The fourth-order valence-electron chi connectivity index (χ4n) is 5.38. The van der Waals surface area contributed by atoms with Crippen molar-refractivity contribution in [2.24, 2.45) is 0 Å². The topological polar surface area (TPSA) is 75.6 Å². The minimum Gasteiger partial charge on any atom is -0.381 e. The highest BCUT2D eigenvalue weighted by molar-refractivity contribution is 5.99. The molecule has 2 aliphatic rings. The summed E-state index contributed by atoms with van der Waals surface area (Å²) in [5.41, 5.74) is 0.303. The van der Waals surface area contributed by atoms with Gasteiger partial charge in [-0.05, 0) is 70.3 Å². The SMILES string of the molecule is Cc1c([C@@H](C)NC(=O)c2cn(C3CCOCC3)c(=O)cc2NC2CCCN(C)C2)cccc1C(F)(F)F. The lowest BCUT2D eigenvalue weighted by Gasteiger charge is -2.32. The van der Waals surface area contributed by atoms with E-state index in [2.05, 4.69) is 15.5 Å². The molecule has 7 nitrogen and oxygen atoms in total. The van der Waals surface area contributed by atoms with Crippen LogP contribution in [0.15, 0.2) is 35.3 Å². The van der Waals surface area contributed by atoms with Crippen LogP contribution in [-0.2, 0) is 10.9 Å². The predicted octanol–water partition coefficient (Wildman–Crippen LogP) is 4.52. The molecule has 1 aromatic carbocycles. The van der Waals surface area contributed by atoms with Crippen molar-refractivity contribution in [3.63, 3.8) is 0 Å². The minimum atomic E-state index is -4.48. The van der Waals surface area contributed by atoms with Gasteiger partial charge in [0, 0.05) is 44.1 Å². The van der Waals surface area contributed by atoms with E-state index in [4.69, 9.17) is 4.74 Å². The normalized spacial score (nSPS) is 20.4. The molecule has 0 saturated carbocycles. The van der Waals surface area contributed by atoms with Crippen molar-refractivity contribution in [2.45, 2.75) is 63.8 Å². The maximum Gasteiger partial charge on any atom is 0.416 e. The molecule has 2 atom stereocenters. The summed E-state index contributed by atoms with van der Waals surface area (Å²) in [6, 6.07) is 4.78. The van der Waals surface area contributed by atoms with Crippen molar-refractivity contribution in [3.05, 3.63) is 63.1 Å². The Morgan fingerprint density at radius 2 is 1.92 bits per heavy atom. The molecule has 0 aliphatic carbocycles. The highest BCUT2D eigenvalue weighted by Crippen LogP contribution is 2.34. The molecule has 2 aliphatic heterocycles. The van der Waals surface area contributed by atoms with E-state index in [1.807, 2.05) is 7.05 Å². The number of halogens is 3. The number of nitrogens with one attached hydrogen (secondary N) is 2. The van der Waals surface area contributed by atoms with Crippen LogP contribution in [-0.4, -0.2) is 54.8 Å². The molecule has 37 heavy (non-hydrogen) atoms. The second kappa shape index (κ2) is 11.3. The molecule has 4 rings (SSSR count). The van der Waals surface area contributed by atoms with Gasteiger partial charge in [-0.2, -0.15) is 13.2 Å². The molecule has 1 unspecified atom stereocenters. The molecular formula is C27H35F3N4O3. The Hall–Kier alpha value is -2.85. The van der Waals surface area contributed by atoms with E-state index in [1.165, 1.54) is 19.1 Å². The Morgan fingerprint density at radius 3 is 2.59 bits per heavy atom. The molecule has 2 aromatic rings. The number of likely N-dealkylation sites (tertiary alicyclic amines) is 1. The Bertz CT molecular complexity index is 1170. The fourth-order valence-corrected chi connectivity index (χ4v) is 5.38. The van der Waals surface area contributed by atoms with Gasteiger partial charge in [-0.3, -0.25) is 9.59 Å². The quantitative estimate of drug-likeness (QED) is 0.586. The van der Waals surface area contributed by atoms with Crippen LogP contribution in [0.2, 0.25) is 0 Å². The van der Waals surface area contributed by atoms with Crippen molar-refractivity contribution < 1.29 is 22.7 Å². The van der Waals surface area contributed by atoms with Crippen LogP contribution < -0.4 is 16.2 Å². The number of piperidine rings is 1. The summed E-state index contributed by atoms with van der Waals surface area (Å²) in [5, 5.41) is 6.27. The van der Waals surface area contributed by atoms with Gasteiger partial charge in [0.05, 0.1) is 22.9 Å². The number of aromatic nitrogens is 1. The standard InChI is InChI=1S/C27H35F3N4O3/c1-17-21(7-4-8-23(17)27(28,29)30)18(2)31-26(36)22-16-34(20-9-12-37-13-10-20)25(35)14-24(22)32-19-6-5-11-33(3)15-19/h4,7-8,14,16,18-20,32H,5-6,9-13,15H2,1-3H3,(H,31,36)/t18-,19?/m1/s1. The first-order valence-electron chi connectivity index (χ1n) is 12.8. The average molecular weight is 521 g/mol. The number of alkyl halides is 3. The maximum atomic E-state index is 13.6. The zero-order valence-electron chi connectivity index (χ0n) is 21.5. The Morgan fingerprint density at radius 1 is 1.19 bits per heavy atom. The summed E-state index contributed by atoms with van der Waals surface area (Å²) >= 11 is 0. The summed E-state index contributed by atoms with van der Waals surface area (Å²) in [4.78, 5) is 28.8. The summed E-state index contributed by atoms with van der Waals surface area (Å²) < 4.78 is 47.3. The van der Waals surface area contributed by atoms with Crippen LogP contribution in [0.4, 0.5) is 18.9 Å². The van der Waals surface area contributed by atoms with E-state index in [0.29, 0.717) is 42.9 Å². The maximum absolute atomic E-state index is 13.6. The zero-order chi connectivity index (χ0) is 26.7. The van der Waals surface area contributed by atoms with Gasteiger partial charge in [0.1, 0.15) is 0 Å². The van der Waals surface area contributed by atoms with Crippen molar-refractivity contribution in [1.29, 1.82) is 0 Å². The third kappa shape index (κ3) is 6.35. The monoisotopic (exact) mass is 520 g/mol. The van der Waals surface area contributed by atoms with E-state index in [9.17, 15) is 22.8 Å². The third-order valence-corrected chi connectivity index (χ3v) is 7.39. The van der Waals surface area contributed by atoms with Crippen LogP contribution in [0.25, 0.3) is 0 Å². The van der Waals surface area contributed by atoms with Crippen LogP contribution in [0.5, 0.6) is 0 Å². The first-order chi connectivity index (χ1) is 17.5. The molecular weight excluding hydrogens is 485 g/mol. The van der Waals surface area contributed by atoms with E-state index in [-0.39, 0.29) is 23.2 Å². The summed E-state index contributed by atoms with van der Waals surface area (Å²) in [6.45, 7) is 5.93. The third-order valence-electron chi connectivity index (χ3n) is 7.39. The molecule has 10 heteroatoms. The van der Waals surface area contributed by atoms with Crippen LogP contribution in [0, 0.1) is 6.92 Å². The number of benzene rings is 1. The fraction of sp³-hybridized carbons (Fsp3) is 0.556. The van der Waals surface area contributed by atoms with E-state index in [1.54, 1.807) is 23.8 Å². The Balaban J connectivity index is 1.65. The zero-order valence-corrected chi connectivity index (χ0v) is 21.5. The van der Waals surface area contributed by atoms with E-state index >= 15 is 0 Å². The lowest BCUT2D eigenvalue weighted by Crippen LogP contribution is -2.41.